The van der Waals surface area contributed by atoms with Gasteiger partial charge in [-0.2, -0.15) is 0 Å². The molecule has 0 bridgehead atoms. The topological polar surface area (TPSA) is 44.4 Å². The first-order valence-corrected chi connectivity index (χ1v) is 8.69. The lowest BCUT2D eigenvalue weighted by molar-refractivity contribution is -0.119. The Labute approximate surface area is 147 Å². The van der Waals surface area contributed by atoms with Crippen LogP contribution in [-0.2, 0) is 11.3 Å². The third-order valence-electron chi connectivity index (χ3n) is 4.23. The van der Waals surface area contributed by atoms with Gasteiger partial charge in [-0.25, -0.2) is 0 Å². The van der Waals surface area contributed by atoms with Crippen molar-refractivity contribution < 1.29 is 4.79 Å². The maximum atomic E-state index is 12.0. The van der Waals surface area contributed by atoms with Crippen LogP contribution in [0.1, 0.15) is 18.4 Å². The summed E-state index contributed by atoms with van der Waals surface area (Å²) in [5.74, 6) is -0.0569. The molecule has 126 valence electrons. The molecule has 0 spiro atoms. The van der Waals surface area contributed by atoms with Crippen molar-refractivity contribution in [3.63, 3.8) is 0 Å². The van der Waals surface area contributed by atoms with E-state index in [0.717, 1.165) is 24.3 Å². The molecular weight excluding hydrogens is 322 g/mol. The molecule has 1 aliphatic rings. The zero-order chi connectivity index (χ0) is 16.8. The van der Waals surface area contributed by atoms with Crippen LogP contribution in [-0.4, -0.2) is 25.5 Å². The minimum Gasteiger partial charge on any atom is -0.376 e. The molecule has 1 amide bonds. The van der Waals surface area contributed by atoms with Crippen molar-refractivity contribution in [3.05, 3.63) is 59.1 Å². The highest BCUT2D eigenvalue weighted by Gasteiger charge is 2.11. The summed E-state index contributed by atoms with van der Waals surface area (Å²) >= 11 is 6.08. The highest BCUT2D eigenvalue weighted by Crippen LogP contribution is 2.21. The minimum absolute atomic E-state index is 0.0569. The van der Waals surface area contributed by atoms with E-state index in [0.29, 0.717) is 11.6 Å². The van der Waals surface area contributed by atoms with Crippen molar-refractivity contribution in [2.75, 3.05) is 29.9 Å². The van der Waals surface area contributed by atoms with E-state index in [4.69, 9.17) is 11.6 Å². The van der Waals surface area contributed by atoms with Crippen molar-refractivity contribution in [1.29, 1.82) is 0 Å². The number of hydrogen-bond acceptors (Lipinski definition) is 3. The summed E-state index contributed by atoms with van der Waals surface area (Å²) < 4.78 is 0. The average Bonchev–Trinajstić information content (AvgIpc) is 3.14. The Hall–Kier alpha value is -2.20. The summed E-state index contributed by atoms with van der Waals surface area (Å²) in [6.45, 7) is 2.95. The van der Waals surface area contributed by atoms with Gasteiger partial charge in [-0.15, -0.1) is 0 Å². The Kier molecular flexibility index (Phi) is 5.59. The number of benzene rings is 2. The highest BCUT2D eigenvalue weighted by molar-refractivity contribution is 6.31. The van der Waals surface area contributed by atoms with Gasteiger partial charge in [0.2, 0.25) is 5.91 Å². The smallest absolute Gasteiger partial charge is 0.239 e. The Morgan fingerprint density at radius 1 is 1.04 bits per heavy atom. The molecule has 2 aromatic rings. The van der Waals surface area contributed by atoms with Crippen LogP contribution in [0.3, 0.4) is 0 Å². The van der Waals surface area contributed by atoms with E-state index in [1.807, 2.05) is 36.4 Å². The maximum absolute atomic E-state index is 12.0. The Morgan fingerprint density at radius 2 is 1.75 bits per heavy atom. The van der Waals surface area contributed by atoms with Crippen molar-refractivity contribution in [2.45, 2.75) is 19.4 Å². The van der Waals surface area contributed by atoms with Crippen LogP contribution in [0.15, 0.2) is 48.5 Å². The quantitative estimate of drug-likeness (QED) is 0.841. The molecule has 1 saturated heterocycles. The van der Waals surface area contributed by atoms with Crippen molar-refractivity contribution in [1.82, 2.24) is 5.32 Å². The van der Waals surface area contributed by atoms with Crippen LogP contribution in [0.4, 0.5) is 11.4 Å². The molecular formula is C19H22ClN3O. The Bertz CT molecular complexity index is 681. The number of halogens is 1. The number of nitrogens with one attached hydrogen (secondary N) is 2. The predicted octanol–water partition coefficient (Wildman–Crippen LogP) is 3.67. The van der Waals surface area contributed by atoms with Crippen LogP contribution in [0.2, 0.25) is 5.02 Å². The van der Waals surface area contributed by atoms with E-state index in [1.165, 1.54) is 18.5 Å². The lowest BCUT2D eigenvalue weighted by Gasteiger charge is -2.18. The third kappa shape index (κ3) is 4.42. The van der Waals surface area contributed by atoms with Crippen LogP contribution in [0, 0.1) is 0 Å². The maximum Gasteiger partial charge on any atom is 0.239 e. The number of carbonyl (C=O) groups excluding carboxylic acids is 1. The average molecular weight is 344 g/mol. The van der Waals surface area contributed by atoms with E-state index < -0.39 is 0 Å². The summed E-state index contributed by atoms with van der Waals surface area (Å²) in [4.78, 5) is 14.3. The second kappa shape index (κ2) is 8.06. The lowest BCUT2D eigenvalue weighted by atomic mass is 10.2. The summed E-state index contributed by atoms with van der Waals surface area (Å²) in [6, 6.07) is 15.8. The fourth-order valence-electron chi connectivity index (χ4n) is 2.85. The summed E-state index contributed by atoms with van der Waals surface area (Å²) in [6.07, 6.45) is 2.54. The van der Waals surface area contributed by atoms with Crippen molar-refractivity contribution >= 4 is 28.9 Å². The minimum atomic E-state index is -0.0569. The summed E-state index contributed by atoms with van der Waals surface area (Å²) in [5, 5.41) is 6.69. The molecule has 1 aliphatic heterocycles. The third-order valence-corrected chi connectivity index (χ3v) is 4.59. The van der Waals surface area contributed by atoms with E-state index in [1.54, 1.807) is 0 Å². The van der Waals surface area contributed by atoms with Gasteiger partial charge in [0.1, 0.15) is 0 Å². The molecule has 4 nitrogen and oxygen atoms in total. The number of hydrogen-bond donors (Lipinski definition) is 2. The van der Waals surface area contributed by atoms with Gasteiger partial charge in [-0.1, -0.05) is 29.8 Å². The van der Waals surface area contributed by atoms with E-state index in [2.05, 4.69) is 27.7 Å². The number of anilines is 2. The van der Waals surface area contributed by atoms with Crippen LogP contribution >= 0.6 is 11.6 Å². The molecule has 2 N–H and O–H groups in total. The summed E-state index contributed by atoms with van der Waals surface area (Å²) in [7, 11) is 0. The molecule has 1 heterocycles. The fourth-order valence-corrected chi connectivity index (χ4v) is 3.05. The molecule has 0 radical (unpaired) electrons. The van der Waals surface area contributed by atoms with Gasteiger partial charge in [0.05, 0.1) is 6.54 Å². The largest absolute Gasteiger partial charge is 0.376 e. The molecule has 0 atom stereocenters. The van der Waals surface area contributed by atoms with Gasteiger partial charge in [0, 0.05) is 36.0 Å². The van der Waals surface area contributed by atoms with E-state index >= 15 is 0 Å². The summed E-state index contributed by atoms with van der Waals surface area (Å²) in [5.41, 5.74) is 3.12. The first kappa shape index (κ1) is 16.7. The van der Waals surface area contributed by atoms with Crippen molar-refractivity contribution in [3.8, 4) is 0 Å². The first-order valence-electron chi connectivity index (χ1n) is 8.31. The van der Waals surface area contributed by atoms with Crippen LogP contribution in [0.25, 0.3) is 0 Å². The zero-order valence-corrected chi connectivity index (χ0v) is 14.4. The van der Waals surface area contributed by atoms with Gasteiger partial charge in [-0.05, 0) is 48.7 Å². The molecule has 3 rings (SSSR count). The predicted molar refractivity (Wildman–Crippen MR) is 99.7 cm³/mol. The molecule has 24 heavy (non-hydrogen) atoms. The zero-order valence-electron chi connectivity index (χ0n) is 13.6. The molecule has 0 aromatic heterocycles. The van der Waals surface area contributed by atoms with Gasteiger partial charge in [0.15, 0.2) is 0 Å². The Morgan fingerprint density at radius 3 is 2.46 bits per heavy atom. The number of carbonyl (C=O) groups is 1. The van der Waals surface area contributed by atoms with Gasteiger partial charge in [-0.3, -0.25) is 4.79 Å². The number of rotatable bonds is 6. The lowest BCUT2D eigenvalue weighted by Crippen LogP contribution is -2.29. The van der Waals surface area contributed by atoms with Crippen LogP contribution < -0.4 is 15.5 Å². The second-order valence-electron chi connectivity index (χ2n) is 5.96. The molecule has 2 aromatic carbocycles. The van der Waals surface area contributed by atoms with Gasteiger partial charge < -0.3 is 15.5 Å². The van der Waals surface area contributed by atoms with E-state index in [9.17, 15) is 4.79 Å². The molecule has 5 heteroatoms. The van der Waals surface area contributed by atoms with Gasteiger partial charge >= 0.3 is 0 Å². The molecule has 0 unspecified atom stereocenters. The van der Waals surface area contributed by atoms with E-state index in [-0.39, 0.29) is 12.5 Å². The van der Waals surface area contributed by atoms with Gasteiger partial charge in [0.25, 0.3) is 0 Å². The highest BCUT2D eigenvalue weighted by atomic mass is 35.5. The molecule has 1 fully saturated rings. The molecule has 0 aliphatic carbocycles. The second-order valence-corrected chi connectivity index (χ2v) is 6.37. The number of nitrogens with zero attached hydrogens (tertiary/aromatic N) is 1. The Balaban J connectivity index is 1.45. The standard InChI is InChI=1S/C19H22ClN3O/c20-18-6-2-1-5-15(18)13-22-19(24)14-21-16-7-9-17(10-8-16)23-11-3-4-12-23/h1-2,5-10,21H,3-4,11-14H2,(H,22,24). The monoisotopic (exact) mass is 343 g/mol. The normalized spacial score (nSPS) is 13.8. The fraction of sp³-hybridized carbons (Fsp3) is 0.316. The molecule has 0 saturated carbocycles. The first-order chi connectivity index (χ1) is 11.7. The number of amides is 1. The van der Waals surface area contributed by atoms with Crippen LogP contribution in [0.5, 0.6) is 0 Å². The SMILES string of the molecule is O=C(CNc1ccc(N2CCCC2)cc1)NCc1ccccc1Cl. The van der Waals surface area contributed by atoms with Crippen molar-refractivity contribution in [2.24, 2.45) is 0 Å².